The van der Waals surface area contributed by atoms with Gasteiger partial charge >= 0.3 is 6.09 Å². The van der Waals surface area contributed by atoms with Crippen molar-refractivity contribution in [3.05, 3.63) is 65.3 Å². The number of hydrogen-bond acceptors (Lipinski definition) is 4. The number of aromatic nitrogens is 2. The molecule has 0 saturated carbocycles. The summed E-state index contributed by atoms with van der Waals surface area (Å²) in [5.74, 6) is 1.82. The number of piperidine rings is 1. The lowest BCUT2D eigenvalue weighted by Gasteiger charge is -2.32. The second kappa shape index (κ2) is 9.25. The molecule has 2 aromatic carbocycles. The number of H-pyrrole nitrogens is 1. The van der Waals surface area contributed by atoms with Gasteiger partial charge in [-0.3, -0.25) is 5.10 Å². The first kappa shape index (κ1) is 22.2. The molecule has 4 rings (SSSR count). The van der Waals surface area contributed by atoms with E-state index in [0.29, 0.717) is 24.0 Å². The maximum absolute atomic E-state index is 12.3. The minimum absolute atomic E-state index is 0.237. The van der Waals surface area contributed by atoms with E-state index in [-0.39, 0.29) is 6.09 Å². The highest BCUT2D eigenvalue weighted by atomic mass is 35.5. The molecule has 1 aromatic heterocycles. The first-order chi connectivity index (χ1) is 15.3. The monoisotopic (exact) mass is 453 g/mol. The quantitative estimate of drug-likeness (QED) is 0.481. The highest BCUT2D eigenvalue weighted by Crippen LogP contribution is 2.31. The first-order valence-electron chi connectivity index (χ1n) is 10.8. The van der Waals surface area contributed by atoms with Gasteiger partial charge in [0, 0.05) is 24.0 Å². The molecule has 1 aliphatic rings. The van der Waals surface area contributed by atoms with E-state index in [2.05, 4.69) is 16.3 Å². The van der Waals surface area contributed by atoms with Gasteiger partial charge in [-0.2, -0.15) is 5.10 Å². The summed E-state index contributed by atoms with van der Waals surface area (Å²) in [6, 6.07) is 17.3. The molecule has 3 aromatic rings. The minimum Gasteiger partial charge on any atom is -0.457 e. The largest absolute Gasteiger partial charge is 0.457 e. The fourth-order valence-electron chi connectivity index (χ4n) is 3.72. The molecule has 0 spiro atoms. The zero-order chi connectivity index (χ0) is 22.7. The van der Waals surface area contributed by atoms with Gasteiger partial charge in [0.2, 0.25) is 0 Å². The Morgan fingerprint density at radius 1 is 1.03 bits per heavy atom. The normalized spacial score (nSPS) is 14.9. The number of rotatable bonds is 4. The van der Waals surface area contributed by atoms with E-state index in [4.69, 9.17) is 21.1 Å². The Morgan fingerprint density at radius 3 is 2.22 bits per heavy atom. The molecule has 0 aliphatic carbocycles. The van der Waals surface area contributed by atoms with Crippen molar-refractivity contribution in [3.63, 3.8) is 0 Å². The number of amides is 1. The molecular formula is C25H28ClN3O3. The molecule has 7 heteroatoms. The number of aromatic amines is 1. The molecule has 32 heavy (non-hydrogen) atoms. The van der Waals surface area contributed by atoms with Gasteiger partial charge in [-0.25, -0.2) is 4.79 Å². The Labute approximate surface area is 193 Å². The Balaban J connectivity index is 1.35. The van der Waals surface area contributed by atoms with E-state index in [1.54, 1.807) is 17.0 Å². The van der Waals surface area contributed by atoms with Crippen LogP contribution in [0.5, 0.6) is 11.5 Å². The molecule has 0 radical (unpaired) electrons. The van der Waals surface area contributed by atoms with Crippen molar-refractivity contribution < 1.29 is 14.3 Å². The van der Waals surface area contributed by atoms with Gasteiger partial charge in [-0.1, -0.05) is 11.6 Å². The van der Waals surface area contributed by atoms with Gasteiger partial charge in [0.1, 0.15) is 17.1 Å². The van der Waals surface area contributed by atoms with E-state index in [9.17, 15) is 4.79 Å². The van der Waals surface area contributed by atoms with Gasteiger partial charge < -0.3 is 14.4 Å². The SMILES string of the molecule is CC(C)(C)OC(=O)N1CCC(c2cc(-c3ccc(Oc4ccc(Cl)cc4)cc3)[nH]n2)CC1. The van der Waals surface area contributed by atoms with Crippen LogP contribution in [0.15, 0.2) is 54.6 Å². The lowest BCUT2D eigenvalue weighted by atomic mass is 9.93. The minimum atomic E-state index is -0.472. The van der Waals surface area contributed by atoms with Crippen LogP contribution in [-0.4, -0.2) is 39.9 Å². The number of likely N-dealkylation sites (tertiary alicyclic amines) is 1. The molecule has 0 atom stereocenters. The summed E-state index contributed by atoms with van der Waals surface area (Å²) >= 11 is 5.92. The predicted molar refractivity (Wildman–Crippen MR) is 125 cm³/mol. The van der Waals surface area contributed by atoms with Gasteiger partial charge in [0.05, 0.1) is 11.4 Å². The fraction of sp³-hybridized carbons (Fsp3) is 0.360. The smallest absolute Gasteiger partial charge is 0.410 e. The maximum Gasteiger partial charge on any atom is 0.410 e. The van der Waals surface area contributed by atoms with Crippen molar-refractivity contribution in [3.8, 4) is 22.8 Å². The zero-order valence-electron chi connectivity index (χ0n) is 18.6. The average molecular weight is 454 g/mol. The molecular weight excluding hydrogens is 426 g/mol. The van der Waals surface area contributed by atoms with Crippen LogP contribution in [0.2, 0.25) is 5.02 Å². The summed E-state index contributed by atoms with van der Waals surface area (Å²) in [4.78, 5) is 14.1. The summed E-state index contributed by atoms with van der Waals surface area (Å²) in [6.45, 7) is 7.02. The third-order valence-electron chi connectivity index (χ3n) is 5.38. The topological polar surface area (TPSA) is 67.4 Å². The second-order valence-corrected chi connectivity index (χ2v) is 9.46. The Morgan fingerprint density at radius 2 is 1.62 bits per heavy atom. The molecule has 6 nitrogen and oxygen atoms in total. The summed E-state index contributed by atoms with van der Waals surface area (Å²) < 4.78 is 11.3. The molecule has 1 N–H and O–H groups in total. The van der Waals surface area contributed by atoms with Gasteiger partial charge in [-0.05, 0) is 93.8 Å². The Hall–Kier alpha value is -2.99. The number of nitrogens with zero attached hydrogens (tertiary/aromatic N) is 2. The van der Waals surface area contributed by atoms with E-state index in [1.807, 2.05) is 57.2 Å². The van der Waals surface area contributed by atoms with Gasteiger partial charge in [0.15, 0.2) is 0 Å². The highest BCUT2D eigenvalue weighted by Gasteiger charge is 2.28. The van der Waals surface area contributed by atoms with Crippen LogP contribution < -0.4 is 4.74 Å². The molecule has 2 heterocycles. The number of ether oxygens (including phenoxy) is 2. The van der Waals surface area contributed by atoms with Crippen molar-refractivity contribution in [2.75, 3.05) is 13.1 Å². The van der Waals surface area contributed by atoms with Crippen LogP contribution in [0.1, 0.15) is 45.2 Å². The lowest BCUT2D eigenvalue weighted by molar-refractivity contribution is 0.0204. The number of halogens is 1. The number of carbonyl (C=O) groups excluding carboxylic acids is 1. The average Bonchev–Trinajstić information content (AvgIpc) is 3.25. The van der Waals surface area contributed by atoms with Crippen molar-refractivity contribution in [2.45, 2.75) is 45.1 Å². The van der Waals surface area contributed by atoms with E-state index in [0.717, 1.165) is 41.3 Å². The van der Waals surface area contributed by atoms with Crippen LogP contribution in [0.3, 0.4) is 0 Å². The van der Waals surface area contributed by atoms with Crippen LogP contribution in [0.25, 0.3) is 11.3 Å². The van der Waals surface area contributed by atoms with E-state index in [1.165, 1.54) is 0 Å². The zero-order valence-corrected chi connectivity index (χ0v) is 19.4. The Kier molecular flexibility index (Phi) is 6.42. The number of carbonyl (C=O) groups is 1. The standard InChI is InChI=1S/C25H28ClN3O3/c1-25(2,3)32-24(30)29-14-12-18(13-15-29)23-16-22(27-28-23)17-4-8-20(9-5-17)31-21-10-6-19(26)7-11-21/h4-11,16,18H,12-15H2,1-3H3,(H,27,28). The van der Waals surface area contributed by atoms with Crippen LogP contribution in [0.4, 0.5) is 4.79 Å². The molecule has 1 amide bonds. The summed E-state index contributed by atoms with van der Waals surface area (Å²) in [7, 11) is 0. The second-order valence-electron chi connectivity index (χ2n) is 9.03. The van der Waals surface area contributed by atoms with Crippen molar-refractivity contribution in [1.82, 2.24) is 15.1 Å². The maximum atomic E-state index is 12.3. The molecule has 1 aliphatic heterocycles. The molecule has 1 fully saturated rings. The summed E-state index contributed by atoms with van der Waals surface area (Å²) in [6.07, 6.45) is 1.51. The Bertz CT molecular complexity index is 1050. The van der Waals surface area contributed by atoms with Crippen molar-refractivity contribution >= 4 is 17.7 Å². The van der Waals surface area contributed by atoms with Crippen molar-refractivity contribution in [1.29, 1.82) is 0 Å². The first-order valence-corrected chi connectivity index (χ1v) is 11.2. The number of hydrogen-bond donors (Lipinski definition) is 1. The molecule has 0 unspecified atom stereocenters. The third-order valence-corrected chi connectivity index (χ3v) is 5.63. The van der Waals surface area contributed by atoms with Crippen molar-refractivity contribution in [2.24, 2.45) is 0 Å². The summed E-state index contributed by atoms with van der Waals surface area (Å²) in [5, 5.41) is 8.37. The van der Waals surface area contributed by atoms with Crippen LogP contribution in [-0.2, 0) is 4.74 Å². The van der Waals surface area contributed by atoms with Crippen LogP contribution >= 0.6 is 11.6 Å². The predicted octanol–water partition coefficient (Wildman–Crippen LogP) is 6.64. The lowest BCUT2D eigenvalue weighted by Crippen LogP contribution is -2.41. The van der Waals surface area contributed by atoms with E-state index >= 15 is 0 Å². The fourth-order valence-corrected chi connectivity index (χ4v) is 3.85. The van der Waals surface area contributed by atoms with Gasteiger partial charge in [-0.15, -0.1) is 0 Å². The van der Waals surface area contributed by atoms with Gasteiger partial charge in [0.25, 0.3) is 0 Å². The summed E-state index contributed by atoms with van der Waals surface area (Å²) in [5.41, 5.74) is 2.57. The molecule has 0 bridgehead atoms. The molecule has 1 saturated heterocycles. The number of nitrogens with one attached hydrogen (secondary N) is 1. The molecule has 168 valence electrons. The van der Waals surface area contributed by atoms with E-state index < -0.39 is 5.60 Å². The van der Waals surface area contributed by atoms with Crippen LogP contribution in [0, 0.1) is 0 Å². The number of benzene rings is 2. The third kappa shape index (κ3) is 5.62. The highest BCUT2D eigenvalue weighted by molar-refractivity contribution is 6.30.